The number of carbonyl (C=O) groups is 12. The van der Waals surface area contributed by atoms with Crippen LogP contribution in [0.1, 0.15) is 76.8 Å². The van der Waals surface area contributed by atoms with E-state index < -0.39 is 158 Å². The quantitative estimate of drug-likeness (QED) is 0.0369. The third kappa shape index (κ3) is 21.8. The summed E-state index contributed by atoms with van der Waals surface area (Å²) in [6.45, 7) is 4.76. The van der Waals surface area contributed by atoms with Crippen LogP contribution in [0.3, 0.4) is 0 Å². The topological polar surface area (TPSA) is 422 Å². The highest BCUT2D eigenvalue weighted by Crippen LogP contribution is 2.12. The fourth-order valence-corrected chi connectivity index (χ4v) is 6.58. The molecule has 382 valence electrons. The van der Waals surface area contributed by atoms with Crippen molar-refractivity contribution in [2.24, 2.45) is 17.4 Å². The number of rotatable bonds is 31. The number of carboxylic acids is 4. The first-order chi connectivity index (χ1) is 32.9. The van der Waals surface area contributed by atoms with E-state index >= 15 is 0 Å². The molecule has 70 heavy (non-hydrogen) atoms. The van der Waals surface area contributed by atoms with Crippen molar-refractivity contribution in [2.75, 3.05) is 0 Å². The predicted molar refractivity (Wildman–Crippen MR) is 244 cm³/mol. The molecule has 25 heteroatoms. The van der Waals surface area contributed by atoms with Gasteiger partial charge in [0.15, 0.2) is 0 Å². The van der Waals surface area contributed by atoms with Crippen molar-refractivity contribution >= 4 is 71.1 Å². The van der Waals surface area contributed by atoms with Crippen molar-refractivity contribution in [2.45, 2.75) is 127 Å². The first-order valence-corrected chi connectivity index (χ1v) is 22.0. The summed E-state index contributed by atoms with van der Waals surface area (Å²) in [5.74, 6) is -14.6. The van der Waals surface area contributed by atoms with Crippen molar-refractivity contribution in [1.82, 2.24) is 37.2 Å². The van der Waals surface area contributed by atoms with Crippen molar-refractivity contribution in [3.63, 3.8) is 0 Å². The number of nitrogens with one attached hydrogen (secondary N) is 7. The van der Waals surface area contributed by atoms with Crippen LogP contribution in [-0.2, 0) is 70.4 Å². The molecule has 0 saturated heterocycles. The van der Waals surface area contributed by atoms with Gasteiger partial charge in [-0.3, -0.25) is 57.5 Å². The Morgan fingerprint density at radius 1 is 0.457 bits per heavy atom. The molecule has 0 radical (unpaired) electrons. The molecule has 2 rings (SSSR count). The number of carboxylic acid groups (broad SMARTS) is 4. The Morgan fingerprint density at radius 2 is 0.829 bits per heavy atom. The molecule has 0 aromatic heterocycles. The Morgan fingerprint density at radius 3 is 1.26 bits per heavy atom. The molecule has 0 aliphatic rings. The molecule has 8 atom stereocenters. The van der Waals surface area contributed by atoms with E-state index in [1.165, 1.54) is 6.92 Å². The molecule has 0 aliphatic heterocycles. The molecule has 0 spiro atoms. The van der Waals surface area contributed by atoms with Crippen molar-refractivity contribution in [3.8, 4) is 0 Å². The average Bonchev–Trinajstić information content (AvgIpc) is 3.28. The minimum atomic E-state index is -1.98. The van der Waals surface area contributed by atoms with Gasteiger partial charge in [-0.05, 0) is 43.2 Å². The standard InChI is InChI=1S/C45H61N9O16/c1-23(2)18-29(40(64)48-24(3)45(69)70)51-41(65)31(20-26-12-8-5-9-13-26)53-42(66)30(19-25-10-6-4-7-11-25)52-39(63)28(15-17-36(58)59)49-43(67)32(21-34(47)55)54-44(68)33(22-37(60)61)50-38(62)27(46)14-16-35(56)57/h4-13,23-24,27-33H,14-22,46H2,1-3H3,(H2,47,55)(H,48,64)(H,49,67)(H,50,62)(H,51,65)(H,52,63)(H,53,66)(H,54,68)(H,56,57)(H,58,59)(H,60,61)(H,69,70). The maximum Gasteiger partial charge on any atom is 0.325 e. The molecular weight excluding hydrogens is 923 g/mol. The number of aliphatic carboxylic acids is 4. The first-order valence-electron chi connectivity index (χ1n) is 22.0. The zero-order chi connectivity index (χ0) is 52.7. The van der Waals surface area contributed by atoms with E-state index in [0.717, 1.165) is 0 Å². The Hall–Kier alpha value is -7.96. The molecule has 0 aliphatic carbocycles. The van der Waals surface area contributed by atoms with E-state index in [2.05, 4.69) is 37.2 Å². The molecule has 8 amide bonds. The highest BCUT2D eigenvalue weighted by molar-refractivity contribution is 5.99. The lowest BCUT2D eigenvalue weighted by molar-refractivity contribution is -0.142. The molecule has 0 fully saturated rings. The number of hydrogen-bond acceptors (Lipinski definition) is 13. The van der Waals surface area contributed by atoms with Gasteiger partial charge in [0.2, 0.25) is 47.3 Å². The molecule has 0 bridgehead atoms. The molecule has 0 saturated carbocycles. The average molecular weight is 984 g/mol. The van der Waals surface area contributed by atoms with E-state index in [9.17, 15) is 72.9 Å². The van der Waals surface area contributed by atoms with E-state index in [4.69, 9.17) is 16.6 Å². The van der Waals surface area contributed by atoms with E-state index in [1.54, 1.807) is 74.5 Å². The maximum atomic E-state index is 14.4. The van der Waals surface area contributed by atoms with Crippen LogP contribution >= 0.6 is 0 Å². The highest BCUT2D eigenvalue weighted by atomic mass is 16.4. The lowest BCUT2D eigenvalue weighted by Crippen LogP contribution is -2.61. The van der Waals surface area contributed by atoms with E-state index in [1.807, 2.05) is 0 Å². The highest BCUT2D eigenvalue weighted by Gasteiger charge is 2.35. The van der Waals surface area contributed by atoms with Gasteiger partial charge in [-0.25, -0.2) is 0 Å². The summed E-state index contributed by atoms with van der Waals surface area (Å²) < 4.78 is 0. The van der Waals surface area contributed by atoms with Crippen LogP contribution in [0.15, 0.2) is 60.7 Å². The minimum absolute atomic E-state index is 0.0698. The van der Waals surface area contributed by atoms with Crippen LogP contribution in [0.4, 0.5) is 0 Å². The van der Waals surface area contributed by atoms with E-state index in [0.29, 0.717) is 11.1 Å². The molecule has 15 N–H and O–H groups in total. The summed E-state index contributed by atoms with van der Waals surface area (Å²) >= 11 is 0. The Labute approximate surface area is 401 Å². The van der Waals surface area contributed by atoms with Crippen molar-refractivity contribution in [3.05, 3.63) is 71.8 Å². The van der Waals surface area contributed by atoms with Gasteiger partial charge >= 0.3 is 23.9 Å². The van der Waals surface area contributed by atoms with Crippen molar-refractivity contribution in [1.29, 1.82) is 0 Å². The Kier molecular flexibility index (Phi) is 24.1. The lowest BCUT2D eigenvalue weighted by Gasteiger charge is -2.28. The van der Waals surface area contributed by atoms with Gasteiger partial charge in [0.05, 0.1) is 18.9 Å². The van der Waals surface area contributed by atoms with Crippen LogP contribution in [0.25, 0.3) is 0 Å². The first kappa shape index (κ1) is 58.2. The normalized spacial score (nSPS) is 14.3. The molecule has 25 nitrogen and oxygen atoms in total. The minimum Gasteiger partial charge on any atom is -0.481 e. The number of amides is 8. The molecule has 2 aromatic rings. The van der Waals surface area contributed by atoms with Gasteiger partial charge in [0.1, 0.15) is 42.3 Å². The Balaban J connectivity index is 2.52. The second kappa shape index (κ2) is 29.0. The molecule has 2 aromatic carbocycles. The van der Waals surface area contributed by atoms with Crippen LogP contribution in [0.5, 0.6) is 0 Å². The zero-order valence-corrected chi connectivity index (χ0v) is 38.7. The summed E-state index contributed by atoms with van der Waals surface area (Å²) in [5, 5.41) is 53.7. The fraction of sp³-hybridized carbons (Fsp3) is 0.467. The number of primary amides is 1. The number of benzene rings is 2. The van der Waals surface area contributed by atoms with E-state index in [-0.39, 0.29) is 25.2 Å². The maximum absolute atomic E-state index is 14.4. The summed E-state index contributed by atoms with van der Waals surface area (Å²) in [4.78, 5) is 154. The Bertz CT molecular complexity index is 2190. The number of nitrogens with two attached hydrogens (primary N) is 2. The summed E-state index contributed by atoms with van der Waals surface area (Å²) in [6, 6.07) is 3.73. The van der Waals surface area contributed by atoms with Gasteiger partial charge < -0.3 is 69.1 Å². The zero-order valence-electron chi connectivity index (χ0n) is 38.7. The van der Waals surface area contributed by atoms with Gasteiger partial charge in [-0.2, -0.15) is 0 Å². The lowest BCUT2D eigenvalue weighted by atomic mass is 10.00. The van der Waals surface area contributed by atoms with Gasteiger partial charge in [0, 0.05) is 25.7 Å². The van der Waals surface area contributed by atoms with Crippen LogP contribution in [0, 0.1) is 5.92 Å². The monoisotopic (exact) mass is 983 g/mol. The van der Waals surface area contributed by atoms with Crippen molar-refractivity contribution < 1.29 is 78.0 Å². The third-order valence-electron chi connectivity index (χ3n) is 10.2. The molecule has 0 heterocycles. The number of hydrogen-bond donors (Lipinski definition) is 13. The second-order valence-electron chi connectivity index (χ2n) is 16.7. The van der Waals surface area contributed by atoms with Gasteiger partial charge in [-0.1, -0.05) is 74.5 Å². The van der Waals surface area contributed by atoms with Gasteiger partial charge in [-0.15, -0.1) is 0 Å². The third-order valence-corrected chi connectivity index (χ3v) is 10.2. The van der Waals surface area contributed by atoms with Crippen LogP contribution in [-0.4, -0.2) is 140 Å². The fourth-order valence-electron chi connectivity index (χ4n) is 6.58. The molecule has 8 unspecified atom stereocenters. The SMILES string of the molecule is CC(C)CC(NC(=O)C(Cc1ccccc1)NC(=O)C(Cc1ccccc1)NC(=O)C(CCC(=O)O)NC(=O)C(CC(N)=O)NC(=O)C(CC(=O)O)NC(=O)C(N)CCC(=O)O)C(=O)NC(C)C(=O)O. The van der Waals surface area contributed by atoms with Gasteiger partial charge in [0.25, 0.3) is 0 Å². The smallest absolute Gasteiger partial charge is 0.325 e. The number of carbonyl (C=O) groups excluding carboxylic acids is 8. The summed E-state index contributed by atoms with van der Waals surface area (Å²) in [7, 11) is 0. The summed E-state index contributed by atoms with van der Waals surface area (Å²) in [5.41, 5.74) is 12.1. The largest absolute Gasteiger partial charge is 0.481 e. The summed E-state index contributed by atoms with van der Waals surface area (Å²) in [6.07, 6.45) is -4.74. The molecular formula is C45H61N9O16. The predicted octanol–water partition coefficient (Wildman–Crippen LogP) is -2.58. The second-order valence-corrected chi connectivity index (χ2v) is 16.7. The van der Waals surface area contributed by atoms with Crippen LogP contribution in [0.2, 0.25) is 0 Å². The van der Waals surface area contributed by atoms with Crippen LogP contribution < -0.4 is 48.7 Å².